The van der Waals surface area contributed by atoms with Crippen molar-refractivity contribution in [1.82, 2.24) is 5.10 Å². The number of nitrogens with two attached hydrogens (primary N) is 1. The first-order valence-electron chi connectivity index (χ1n) is 7.52. The lowest BCUT2D eigenvalue weighted by molar-refractivity contribution is -0.740. The summed E-state index contributed by atoms with van der Waals surface area (Å²) in [6.45, 7) is 2.68. The van der Waals surface area contributed by atoms with Crippen LogP contribution >= 0.6 is 0 Å². The normalized spacial score (nSPS) is 10.1. The number of halogens is 1. The minimum absolute atomic E-state index is 0. The molecule has 0 aliphatic heterocycles. The number of carbonyl (C=O) groups is 1. The molecule has 0 unspecified atom stereocenters. The molecule has 0 saturated carbocycles. The van der Waals surface area contributed by atoms with Crippen LogP contribution in [0.2, 0.25) is 0 Å². The lowest BCUT2D eigenvalue weighted by Crippen LogP contribution is -3.00. The van der Waals surface area contributed by atoms with E-state index in [9.17, 15) is 4.79 Å². The third kappa shape index (κ3) is 5.63. The Morgan fingerprint density at radius 3 is 2.57 bits per heavy atom. The number of rotatable bonds is 7. The van der Waals surface area contributed by atoms with Gasteiger partial charge in [-0.15, -0.1) is 4.68 Å². The number of unbranched alkanes of at least 4 members (excludes halogenated alkanes) is 2. The van der Waals surface area contributed by atoms with Gasteiger partial charge in [-0.05, 0) is 32.3 Å². The highest BCUT2D eigenvalue weighted by Crippen LogP contribution is 2.18. The number of aryl methyl sites for hydroxylation is 2. The van der Waals surface area contributed by atoms with Crippen molar-refractivity contribution in [3.05, 3.63) is 42.0 Å². The molecule has 0 bridgehead atoms. The summed E-state index contributed by atoms with van der Waals surface area (Å²) in [6.07, 6.45) is 2.63. The lowest BCUT2D eigenvalue weighted by Gasteiger charge is -2.07. The Morgan fingerprint density at radius 1 is 1.22 bits per heavy atom. The molecule has 0 spiro atoms. The Balaban J connectivity index is 0.00000264. The summed E-state index contributed by atoms with van der Waals surface area (Å²) >= 11 is 0. The molecule has 1 aromatic carbocycles. The van der Waals surface area contributed by atoms with Crippen LogP contribution in [0.4, 0.5) is 5.82 Å². The molecular weight excluding hydrogens is 358 g/mol. The summed E-state index contributed by atoms with van der Waals surface area (Å²) in [6, 6.07) is 12.0. The molecule has 1 heterocycles. The van der Waals surface area contributed by atoms with Crippen LogP contribution in [0.1, 0.15) is 31.2 Å². The number of hydrogen-bond donors (Lipinski definition) is 2. The van der Waals surface area contributed by atoms with Gasteiger partial charge < -0.3 is 22.1 Å². The lowest BCUT2D eigenvalue weighted by atomic mass is 10.1. The largest absolute Gasteiger partial charge is 1.00 e. The number of benzene rings is 1. The fraction of sp³-hybridized carbons (Fsp3) is 0.353. The average molecular weight is 380 g/mol. The van der Waals surface area contributed by atoms with Gasteiger partial charge in [-0.3, -0.25) is 10.5 Å². The van der Waals surface area contributed by atoms with E-state index in [1.54, 1.807) is 0 Å². The van der Waals surface area contributed by atoms with Gasteiger partial charge in [0.1, 0.15) is 12.2 Å². The molecule has 0 amide bonds. The molecule has 2 rings (SSSR count). The SMILES string of the molecule is Cc1cc(-c2ccccc2)n[n+](CCCCCC(=O)O)c1N.[Br-]. The molecule has 124 valence electrons. The highest BCUT2D eigenvalue weighted by Gasteiger charge is 2.13. The maximum absolute atomic E-state index is 10.5. The topological polar surface area (TPSA) is 80.1 Å². The first kappa shape index (κ1) is 19.1. The third-order valence-corrected chi connectivity index (χ3v) is 3.59. The van der Waals surface area contributed by atoms with Crippen molar-refractivity contribution in [3.63, 3.8) is 0 Å². The Labute approximate surface area is 146 Å². The summed E-state index contributed by atoms with van der Waals surface area (Å²) in [4.78, 5) is 10.5. The number of carboxylic acid groups (broad SMARTS) is 1. The van der Waals surface area contributed by atoms with E-state index >= 15 is 0 Å². The predicted molar refractivity (Wildman–Crippen MR) is 85.1 cm³/mol. The zero-order valence-corrected chi connectivity index (χ0v) is 14.8. The summed E-state index contributed by atoms with van der Waals surface area (Å²) in [7, 11) is 0. The number of hydrogen-bond acceptors (Lipinski definition) is 3. The van der Waals surface area contributed by atoms with Crippen LogP contribution in [0.5, 0.6) is 0 Å². The molecule has 0 atom stereocenters. The second kappa shape index (κ2) is 9.25. The van der Waals surface area contributed by atoms with Gasteiger partial charge >= 0.3 is 5.97 Å². The number of aromatic nitrogens is 2. The minimum Gasteiger partial charge on any atom is -1.00 e. The van der Waals surface area contributed by atoms with Crippen molar-refractivity contribution in [2.75, 3.05) is 5.73 Å². The van der Waals surface area contributed by atoms with Gasteiger partial charge in [0.25, 0.3) is 5.82 Å². The third-order valence-electron chi connectivity index (χ3n) is 3.59. The molecule has 2 aromatic rings. The van der Waals surface area contributed by atoms with E-state index < -0.39 is 5.97 Å². The molecule has 1 aromatic heterocycles. The minimum atomic E-state index is -0.743. The van der Waals surface area contributed by atoms with Gasteiger partial charge in [-0.25, -0.2) is 0 Å². The second-order valence-electron chi connectivity index (χ2n) is 5.39. The van der Waals surface area contributed by atoms with Crippen molar-refractivity contribution in [2.24, 2.45) is 0 Å². The van der Waals surface area contributed by atoms with Crippen molar-refractivity contribution < 1.29 is 31.6 Å². The van der Waals surface area contributed by atoms with Crippen LogP contribution in [0.15, 0.2) is 36.4 Å². The molecule has 6 heteroatoms. The van der Waals surface area contributed by atoms with E-state index in [0.717, 1.165) is 29.7 Å². The zero-order valence-electron chi connectivity index (χ0n) is 13.2. The van der Waals surface area contributed by atoms with Gasteiger partial charge in [0.15, 0.2) is 0 Å². The smallest absolute Gasteiger partial charge is 0.303 e. The quantitative estimate of drug-likeness (QED) is 0.505. The van der Waals surface area contributed by atoms with Crippen LogP contribution in [-0.4, -0.2) is 16.2 Å². The Hall–Kier alpha value is -1.95. The van der Waals surface area contributed by atoms with Gasteiger partial charge in [0, 0.05) is 17.5 Å². The summed E-state index contributed by atoms with van der Waals surface area (Å²) < 4.78 is 1.82. The number of carboxylic acids is 1. The highest BCUT2D eigenvalue weighted by molar-refractivity contribution is 5.66. The van der Waals surface area contributed by atoms with Crippen molar-refractivity contribution in [2.45, 2.75) is 39.2 Å². The summed E-state index contributed by atoms with van der Waals surface area (Å²) in [5.41, 5.74) is 9.06. The van der Waals surface area contributed by atoms with E-state index in [4.69, 9.17) is 10.8 Å². The Bertz CT molecular complexity index is 648. The van der Waals surface area contributed by atoms with E-state index in [0.29, 0.717) is 18.8 Å². The Kier molecular flexibility index (Phi) is 7.68. The van der Waals surface area contributed by atoms with E-state index in [1.165, 1.54) is 0 Å². The molecule has 0 fully saturated rings. The van der Waals surface area contributed by atoms with Gasteiger partial charge in [-0.1, -0.05) is 35.4 Å². The van der Waals surface area contributed by atoms with Crippen LogP contribution in [0.3, 0.4) is 0 Å². The van der Waals surface area contributed by atoms with Crippen molar-refractivity contribution in [3.8, 4) is 11.3 Å². The molecule has 3 N–H and O–H groups in total. The van der Waals surface area contributed by atoms with Crippen molar-refractivity contribution >= 4 is 11.8 Å². The molecule has 0 aliphatic carbocycles. The number of anilines is 1. The number of nitrogens with zero attached hydrogens (tertiary/aromatic N) is 2. The van der Waals surface area contributed by atoms with Crippen LogP contribution < -0.4 is 27.4 Å². The standard InChI is InChI=1S/C17H21N3O2.BrH/c1-13-12-15(14-8-4-2-5-9-14)19-20(17(13)18)11-7-3-6-10-16(21)22;/h2,4-5,8-9,12,18H,3,6-7,10-11H2,1H3,(H,21,22);1H. The van der Waals surface area contributed by atoms with Crippen LogP contribution in [0, 0.1) is 6.92 Å². The monoisotopic (exact) mass is 379 g/mol. The van der Waals surface area contributed by atoms with Crippen LogP contribution in [-0.2, 0) is 11.3 Å². The molecule has 0 radical (unpaired) electrons. The zero-order chi connectivity index (χ0) is 15.9. The van der Waals surface area contributed by atoms with E-state index in [1.807, 2.05) is 48.0 Å². The maximum Gasteiger partial charge on any atom is 0.303 e. The molecule has 23 heavy (non-hydrogen) atoms. The van der Waals surface area contributed by atoms with Gasteiger partial charge in [0.05, 0.1) is 0 Å². The number of aliphatic carboxylic acids is 1. The molecule has 5 nitrogen and oxygen atoms in total. The Morgan fingerprint density at radius 2 is 1.91 bits per heavy atom. The second-order valence-corrected chi connectivity index (χ2v) is 5.39. The van der Waals surface area contributed by atoms with Gasteiger partial charge in [-0.2, -0.15) is 0 Å². The fourth-order valence-corrected chi connectivity index (χ4v) is 2.33. The molecular formula is C17H22BrN3O2. The highest BCUT2D eigenvalue weighted by atomic mass is 79.9. The number of nitrogen functional groups attached to an aromatic ring is 1. The summed E-state index contributed by atoms with van der Waals surface area (Å²) in [5.74, 6) is -0.0786. The maximum atomic E-state index is 10.5. The van der Waals surface area contributed by atoms with Gasteiger partial charge in [0.2, 0.25) is 0 Å². The summed E-state index contributed by atoms with van der Waals surface area (Å²) in [5, 5.41) is 13.2. The first-order chi connectivity index (χ1) is 10.6. The van der Waals surface area contributed by atoms with Crippen molar-refractivity contribution in [1.29, 1.82) is 0 Å². The fourth-order valence-electron chi connectivity index (χ4n) is 2.33. The molecule has 0 aliphatic rings. The van der Waals surface area contributed by atoms with Crippen LogP contribution in [0.25, 0.3) is 11.3 Å². The molecule has 0 saturated heterocycles. The van der Waals surface area contributed by atoms with E-state index in [-0.39, 0.29) is 23.4 Å². The van der Waals surface area contributed by atoms with E-state index in [2.05, 4.69) is 5.10 Å². The predicted octanol–water partition coefficient (Wildman–Crippen LogP) is -0.424. The first-order valence-corrected chi connectivity index (χ1v) is 7.52. The average Bonchev–Trinajstić information content (AvgIpc) is 2.51.